The number of thioether (sulfide) groups is 1. The highest BCUT2D eigenvalue weighted by Gasteiger charge is 2.26. The van der Waals surface area contributed by atoms with E-state index >= 15 is 0 Å². The normalized spacial score (nSPS) is 19.3. The third-order valence-corrected chi connectivity index (χ3v) is 4.88. The highest BCUT2D eigenvalue weighted by Crippen LogP contribution is 2.30. The number of hydrogen-bond acceptors (Lipinski definition) is 2. The van der Waals surface area contributed by atoms with Crippen LogP contribution >= 0.6 is 11.8 Å². The predicted octanol–water partition coefficient (Wildman–Crippen LogP) is 4.37. The van der Waals surface area contributed by atoms with Gasteiger partial charge in [-0.25, -0.2) is 0 Å². The van der Waals surface area contributed by atoms with Crippen molar-refractivity contribution >= 4 is 11.8 Å². The van der Waals surface area contributed by atoms with Crippen LogP contribution in [0.1, 0.15) is 51.9 Å². The largest absolute Gasteiger partial charge is 0.389 e. The van der Waals surface area contributed by atoms with Gasteiger partial charge in [-0.1, -0.05) is 19.8 Å². The minimum absolute atomic E-state index is 0.239. The summed E-state index contributed by atoms with van der Waals surface area (Å²) in [5, 5.41) is 4.05. The van der Waals surface area contributed by atoms with Crippen LogP contribution in [0.5, 0.6) is 0 Å². The molecule has 1 aliphatic carbocycles. The lowest BCUT2D eigenvalue weighted by atomic mass is 10.1. The van der Waals surface area contributed by atoms with E-state index in [0.717, 1.165) is 17.5 Å². The Morgan fingerprint density at radius 1 is 1.28 bits per heavy atom. The zero-order chi connectivity index (χ0) is 13.4. The Balaban J connectivity index is 2.17. The molecule has 0 aromatic heterocycles. The fourth-order valence-electron chi connectivity index (χ4n) is 2.39. The van der Waals surface area contributed by atoms with E-state index < -0.39 is 12.6 Å². The maximum absolute atomic E-state index is 12.1. The van der Waals surface area contributed by atoms with Crippen LogP contribution in [0.3, 0.4) is 0 Å². The molecule has 1 N–H and O–H groups in total. The van der Waals surface area contributed by atoms with Crippen LogP contribution in [0.4, 0.5) is 13.2 Å². The topological polar surface area (TPSA) is 12.0 Å². The van der Waals surface area contributed by atoms with Crippen molar-refractivity contribution < 1.29 is 13.2 Å². The van der Waals surface area contributed by atoms with Gasteiger partial charge in [-0.2, -0.15) is 24.9 Å². The number of halogens is 3. The predicted molar refractivity (Wildman–Crippen MR) is 72.1 cm³/mol. The molecule has 0 spiro atoms. The second-order valence-corrected chi connectivity index (χ2v) is 6.34. The molecule has 1 atom stereocenters. The van der Waals surface area contributed by atoms with Gasteiger partial charge in [0.05, 0.1) is 0 Å². The molecule has 0 aromatic carbocycles. The minimum atomic E-state index is -4.00. The Morgan fingerprint density at radius 2 is 1.94 bits per heavy atom. The summed E-state index contributed by atoms with van der Waals surface area (Å²) in [5.74, 6) is 0.955. The summed E-state index contributed by atoms with van der Waals surface area (Å²) in [7, 11) is 0. The zero-order valence-electron chi connectivity index (χ0n) is 11.1. The molecular formula is C13H24F3NS. The van der Waals surface area contributed by atoms with Gasteiger partial charge in [-0.15, -0.1) is 0 Å². The Kier molecular flexibility index (Phi) is 7.46. The van der Waals surface area contributed by atoms with Crippen LogP contribution in [0.15, 0.2) is 0 Å². The smallest absolute Gasteiger partial charge is 0.313 e. The van der Waals surface area contributed by atoms with Gasteiger partial charge >= 0.3 is 6.18 Å². The maximum Gasteiger partial charge on any atom is 0.389 e. The maximum atomic E-state index is 12.1. The second-order valence-electron chi connectivity index (χ2n) is 5.00. The quantitative estimate of drug-likeness (QED) is 0.710. The van der Waals surface area contributed by atoms with Gasteiger partial charge in [0.25, 0.3) is 0 Å². The summed E-state index contributed by atoms with van der Waals surface area (Å²) in [6, 6.07) is 0.239. The average Bonchev–Trinajstić information content (AvgIpc) is 2.77. The minimum Gasteiger partial charge on any atom is -0.313 e. The molecule has 1 aliphatic rings. The first-order valence-electron chi connectivity index (χ1n) is 6.93. The van der Waals surface area contributed by atoms with Crippen molar-refractivity contribution in [3.05, 3.63) is 0 Å². The molecule has 18 heavy (non-hydrogen) atoms. The van der Waals surface area contributed by atoms with Gasteiger partial charge in [0, 0.05) is 23.5 Å². The molecule has 0 bridgehead atoms. The van der Waals surface area contributed by atoms with E-state index in [9.17, 15) is 13.2 Å². The van der Waals surface area contributed by atoms with Gasteiger partial charge in [0.1, 0.15) is 0 Å². The Morgan fingerprint density at radius 3 is 2.50 bits per heavy atom. The molecule has 1 rings (SSSR count). The molecular weight excluding hydrogens is 259 g/mol. The second kappa shape index (κ2) is 8.31. The molecule has 0 radical (unpaired) electrons. The van der Waals surface area contributed by atoms with Crippen LogP contribution < -0.4 is 5.32 Å². The molecule has 0 saturated heterocycles. The van der Waals surface area contributed by atoms with Crippen LogP contribution in [0.2, 0.25) is 0 Å². The van der Waals surface area contributed by atoms with E-state index in [1.165, 1.54) is 25.7 Å². The zero-order valence-corrected chi connectivity index (χ0v) is 11.9. The summed E-state index contributed by atoms with van der Waals surface area (Å²) in [6.07, 6.45) is 1.42. The lowest BCUT2D eigenvalue weighted by Crippen LogP contribution is -2.32. The first-order valence-corrected chi connectivity index (χ1v) is 7.98. The fourth-order valence-corrected chi connectivity index (χ4v) is 3.84. The summed E-state index contributed by atoms with van der Waals surface area (Å²) in [4.78, 5) is 0. The van der Waals surface area contributed by atoms with Crippen molar-refractivity contribution in [1.29, 1.82) is 0 Å². The van der Waals surface area contributed by atoms with Gasteiger partial charge in [-0.05, 0) is 32.2 Å². The molecule has 1 saturated carbocycles. The lowest BCUT2D eigenvalue weighted by molar-refractivity contribution is -0.135. The van der Waals surface area contributed by atoms with Crippen molar-refractivity contribution in [3.8, 4) is 0 Å². The van der Waals surface area contributed by atoms with Crippen LogP contribution in [0, 0.1) is 0 Å². The van der Waals surface area contributed by atoms with E-state index in [-0.39, 0.29) is 12.5 Å². The molecule has 0 amide bonds. The standard InChI is InChI=1S/C13H24F3NS/c1-2-17-11(6-5-9-13(14,15)16)10-18-12-7-3-4-8-12/h11-12,17H,2-10H2,1H3. The van der Waals surface area contributed by atoms with Crippen molar-refractivity contribution in [2.24, 2.45) is 0 Å². The van der Waals surface area contributed by atoms with E-state index in [2.05, 4.69) is 5.32 Å². The number of hydrogen-bond donors (Lipinski definition) is 1. The number of rotatable bonds is 8. The van der Waals surface area contributed by atoms with Gasteiger partial charge in [0.2, 0.25) is 0 Å². The SMILES string of the molecule is CCNC(CCCC(F)(F)F)CSC1CCCC1. The average molecular weight is 283 g/mol. The van der Waals surface area contributed by atoms with Crippen molar-refractivity contribution in [3.63, 3.8) is 0 Å². The van der Waals surface area contributed by atoms with Crippen LogP contribution in [-0.4, -0.2) is 29.8 Å². The van der Waals surface area contributed by atoms with E-state index in [4.69, 9.17) is 0 Å². The summed E-state index contributed by atoms with van der Waals surface area (Å²) >= 11 is 1.95. The lowest BCUT2D eigenvalue weighted by Gasteiger charge is -2.20. The number of alkyl halides is 3. The highest BCUT2D eigenvalue weighted by molar-refractivity contribution is 7.99. The van der Waals surface area contributed by atoms with Gasteiger partial charge < -0.3 is 5.32 Å². The van der Waals surface area contributed by atoms with Crippen molar-refractivity contribution in [2.75, 3.05) is 12.3 Å². The summed E-state index contributed by atoms with van der Waals surface area (Å²) in [5.41, 5.74) is 0. The monoisotopic (exact) mass is 283 g/mol. The van der Waals surface area contributed by atoms with Crippen LogP contribution in [0.25, 0.3) is 0 Å². The van der Waals surface area contributed by atoms with Crippen molar-refractivity contribution in [2.45, 2.75) is 69.3 Å². The number of nitrogens with one attached hydrogen (secondary N) is 1. The fraction of sp³-hybridized carbons (Fsp3) is 1.00. The highest BCUT2D eigenvalue weighted by atomic mass is 32.2. The molecule has 108 valence electrons. The van der Waals surface area contributed by atoms with Gasteiger partial charge in [-0.3, -0.25) is 0 Å². The summed E-state index contributed by atoms with van der Waals surface area (Å²) < 4.78 is 36.3. The van der Waals surface area contributed by atoms with E-state index in [1.54, 1.807) is 0 Å². The third kappa shape index (κ3) is 7.52. The Hall–Kier alpha value is 0.100. The Bertz CT molecular complexity index is 215. The summed E-state index contributed by atoms with van der Waals surface area (Å²) in [6.45, 7) is 2.85. The molecule has 0 aliphatic heterocycles. The molecule has 5 heteroatoms. The van der Waals surface area contributed by atoms with E-state index in [1.807, 2.05) is 18.7 Å². The first kappa shape index (κ1) is 16.2. The van der Waals surface area contributed by atoms with Crippen molar-refractivity contribution in [1.82, 2.24) is 5.32 Å². The van der Waals surface area contributed by atoms with Crippen LogP contribution in [-0.2, 0) is 0 Å². The molecule has 0 heterocycles. The van der Waals surface area contributed by atoms with Gasteiger partial charge in [0.15, 0.2) is 0 Å². The molecule has 1 nitrogen and oxygen atoms in total. The molecule has 1 fully saturated rings. The molecule has 0 aromatic rings. The molecule has 1 unspecified atom stereocenters. The van der Waals surface area contributed by atoms with E-state index in [0.29, 0.717) is 6.42 Å². The third-order valence-electron chi connectivity index (χ3n) is 3.34. The Labute approximate surface area is 112 Å². The first-order chi connectivity index (χ1) is 8.51.